The van der Waals surface area contributed by atoms with Crippen molar-refractivity contribution in [3.05, 3.63) is 0 Å². The van der Waals surface area contributed by atoms with E-state index < -0.39 is 0 Å². The minimum Gasteiger partial charge on any atom is -0.299 e. The second kappa shape index (κ2) is 2.56. The van der Waals surface area contributed by atoms with Crippen molar-refractivity contribution < 1.29 is 4.79 Å². The number of carbonyl (C=O) groups excluding carboxylic acids is 1. The third kappa shape index (κ3) is 1.28. The SMILES string of the molecule is CN1C(=O)[C@@H](Br)SC1=S. The van der Waals surface area contributed by atoms with Crippen molar-refractivity contribution >= 4 is 50.1 Å². The molecule has 0 saturated carbocycles. The zero-order chi connectivity index (χ0) is 7.02. The molecule has 9 heavy (non-hydrogen) atoms. The highest BCUT2D eigenvalue weighted by Gasteiger charge is 2.31. The minimum atomic E-state index is -0.157. The second-order valence-electron chi connectivity index (χ2n) is 1.60. The van der Waals surface area contributed by atoms with Crippen LogP contribution in [-0.2, 0) is 4.79 Å². The quantitative estimate of drug-likeness (QED) is 0.457. The van der Waals surface area contributed by atoms with Crippen LogP contribution in [0.3, 0.4) is 0 Å². The molecule has 0 aromatic carbocycles. The van der Waals surface area contributed by atoms with Gasteiger partial charge in [-0.25, -0.2) is 0 Å². The highest BCUT2D eigenvalue weighted by Crippen LogP contribution is 2.29. The lowest BCUT2D eigenvalue weighted by Crippen LogP contribution is -2.24. The third-order valence-corrected chi connectivity index (χ3v) is 3.40. The highest BCUT2D eigenvalue weighted by atomic mass is 79.9. The second-order valence-corrected chi connectivity index (χ2v) is 4.86. The summed E-state index contributed by atoms with van der Waals surface area (Å²) >= 11 is 9.36. The van der Waals surface area contributed by atoms with Gasteiger partial charge in [0.05, 0.1) is 0 Å². The summed E-state index contributed by atoms with van der Waals surface area (Å²) in [5, 5.41) is 0. The Balaban J connectivity index is 2.77. The number of hydrogen-bond acceptors (Lipinski definition) is 3. The molecule has 1 heterocycles. The molecule has 1 fully saturated rings. The molecule has 1 amide bonds. The first-order valence-corrected chi connectivity index (χ1v) is 4.45. The van der Waals surface area contributed by atoms with Gasteiger partial charge in [0, 0.05) is 7.05 Å². The van der Waals surface area contributed by atoms with E-state index in [2.05, 4.69) is 15.9 Å². The summed E-state index contributed by atoms with van der Waals surface area (Å²) < 4.78 is 0.483. The fourth-order valence-corrected chi connectivity index (χ4v) is 2.73. The number of carbonyl (C=O) groups is 1. The van der Waals surface area contributed by atoms with Crippen LogP contribution >= 0.6 is 39.9 Å². The van der Waals surface area contributed by atoms with Gasteiger partial charge in [-0.1, -0.05) is 39.9 Å². The van der Waals surface area contributed by atoms with Gasteiger partial charge in [-0.2, -0.15) is 0 Å². The average molecular weight is 226 g/mol. The van der Waals surface area contributed by atoms with Crippen LogP contribution in [0, 0.1) is 0 Å². The Morgan fingerprint density at radius 2 is 2.44 bits per heavy atom. The normalized spacial score (nSPS) is 27.8. The number of amides is 1. The predicted molar refractivity (Wildman–Crippen MR) is 45.7 cm³/mol. The van der Waals surface area contributed by atoms with Crippen molar-refractivity contribution in [2.24, 2.45) is 0 Å². The number of halogens is 1. The molecule has 5 heteroatoms. The summed E-state index contributed by atoms with van der Waals surface area (Å²) in [5.41, 5.74) is 0. The van der Waals surface area contributed by atoms with E-state index >= 15 is 0 Å². The maximum Gasteiger partial charge on any atom is 0.252 e. The molecule has 1 saturated heterocycles. The predicted octanol–water partition coefficient (Wildman–Crippen LogP) is 1.20. The lowest BCUT2D eigenvalue weighted by Gasteiger charge is -2.03. The number of alkyl halides is 1. The van der Waals surface area contributed by atoms with Crippen molar-refractivity contribution in [3.63, 3.8) is 0 Å². The van der Waals surface area contributed by atoms with Gasteiger partial charge in [0.1, 0.15) is 8.48 Å². The number of nitrogens with zero attached hydrogens (tertiary/aromatic N) is 1. The molecule has 2 nitrogen and oxygen atoms in total. The summed E-state index contributed by atoms with van der Waals surface area (Å²) in [7, 11) is 1.68. The van der Waals surface area contributed by atoms with Crippen LogP contribution in [0.15, 0.2) is 0 Å². The molecule has 1 rings (SSSR count). The van der Waals surface area contributed by atoms with Crippen LogP contribution in [0.1, 0.15) is 0 Å². The van der Waals surface area contributed by atoms with Gasteiger partial charge in [0.15, 0.2) is 0 Å². The lowest BCUT2D eigenvalue weighted by molar-refractivity contribution is -0.123. The molecule has 1 aliphatic heterocycles. The van der Waals surface area contributed by atoms with E-state index in [9.17, 15) is 4.79 Å². The number of hydrogen-bond donors (Lipinski definition) is 0. The first-order valence-electron chi connectivity index (χ1n) is 2.25. The van der Waals surface area contributed by atoms with E-state index in [1.807, 2.05) is 0 Å². The van der Waals surface area contributed by atoms with Gasteiger partial charge in [-0.3, -0.25) is 9.69 Å². The fraction of sp³-hybridized carbons (Fsp3) is 0.500. The number of thioether (sulfide) groups is 1. The Bertz CT molecular complexity index is 172. The van der Waals surface area contributed by atoms with Crippen LogP contribution in [-0.4, -0.2) is 26.3 Å². The third-order valence-electron chi connectivity index (χ3n) is 1.00. The van der Waals surface area contributed by atoms with Crippen LogP contribution in [0.4, 0.5) is 0 Å². The summed E-state index contributed by atoms with van der Waals surface area (Å²) in [5.74, 6) is 0.0324. The molecule has 0 radical (unpaired) electrons. The molecule has 0 aromatic heterocycles. The Morgan fingerprint density at radius 1 is 1.89 bits per heavy atom. The molecular weight excluding hydrogens is 222 g/mol. The summed E-state index contributed by atoms with van der Waals surface area (Å²) in [6.45, 7) is 0. The molecule has 0 aromatic rings. The van der Waals surface area contributed by atoms with Crippen molar-refractivity contribution in [3.8, 4) is 0 Å². The summed E-state index contributed by atoms with van der Waals surface area (Å²) in [6, 6.07) is 0. The van der Waals surface area contributed by atoms with E-state index in [1.54, 1.807) is 7.05 Å². The van der Waals surface area contributed by atoms with Gasteiger partial charge in [-0.05, 0) is 0 Å². The molecular formula is C4H4BrNOS2. The van der Waals surface area contributed by atoms with Gasteiger partial charge in [0.25, 0.3) is 5.91 Å². The summed E-state index contributed by atoms with van der Waals surface area (Å²) in [4.78, 5) is 12.4. The number of rotatable bonds is 0. The maximum absolute atomic E-state index is 10.9. The van der Waals surface area contributed by atoms with Gasteiger partial charge in [-0.15, -0.1) is 0 Å². The Labute approximate surface area is 71.1 Å². The smallest absolute Gasteiger partial charge is 0.252 e. The maximum atomic E-state index is 10.9. The van der Waals surface area contributed by atoms with Crippen LogP contribution in [0.25, 0.3) is 0 Å². The largest absolute Gasteiger partial charge is 0.299 e. The zero-order valence-electron chi connectivity index (χ0n) is 4.63. The molecule has 0 unspecified atom stereocenters. The monoisotopic (exact) mass is 225 g/mol. The van der Waals surface area contributed by atoms with Gasteiger partial charge in [0.2, 0.25) is 0 Å². The molecule has 0 N–H and O–H groups in total. The Morgan fingerprint density at radius 3 is 2.56 bits per heavy atom. The Hall–Kier alpha value is 0.390. The van der Waals surface area contributed by atoms with Crippen molar-refractivity contribution in [1.29, 1.82) is 0 Å². The van der Waals surface area contributed by atoms with E-state index in [4.69, 9.17) is 12.2 Å². The molecule has 0 aliphatic carbocycles. The van der Waals surface area contributed by atoms with Crippen molar-refractivity contribution in [2.75, 3.05) is 7.05 Å². The standard InChI is InChI=1S/C4H4BrNOS2/c1-6-3(7)2(5)9-4(6)8/h2H,1H3/t2-/m0/s1. The topological polar surface area (TPSA) is 20.3 Å². The van der Waals surface area contributed by atoms with E-state index in [0.717, 1.165) is 0 Å². The average Bonchev–Trinajstić information content (AvgIpc) is 1.98. The zero-order valence-corrected chi connectivity index (χ0v) is 7.85. The first kappa shape index (κ1) is 7.50. The lowest BCUT2D eigenvalue weighted by atomic mass is 10.6. The van der Waals surface area contributed by atoms with E-state index in [0.29, 0.717) is 4.32 Å². The van der Waals surface area contributed by atoms with Gasteiger partial charge >= 0.3 is 0 Å². The van der Waals surface area contributed by atoms with Gasteiger partial charge < -0.3 is 0 Å². The molecule has 0 spiro atoms. The van der Waals surface area contributed by atoms with Crippen molar-refractivity contribution in [1.82, 2.24) is 4.90 Å². The summed E-state index contributed by atoms with van der Waals surface area (Å²) in [6.07, 6.45) is 0. The van der Waals surface area contributed by atoms with E-state index in [1.165, 1.54) is 16.7 Å². The highest BCUT2D eigenvalue weighted by molar-refractivity contribution is 9.12. The number of thiocarbonyl (C=S) groups is 1. The molecule has 50 valence electrons. The first-order chi connectivity index (χ1) is 4.13. The van der Waals surface area contributed by atoms with Crippen LogP contribution < -0.4 is 0 Å². The molecule has 1 aliphatic rings. The molecule has 0 bridgehead atoms. The van der Waals surface area contributed by atoms with Crippen molar-refractivity contribution in [2.45, 2.75) is 4.16 Å². The van der Waals surface area contributed by atoms with E-state index in [-0.39, 0.29) is 10.1 Å². The van der Waals surface area contributed by atoms with Crippen LogP contribution in [0.2, 0.25) is 0 Å². The Kier molecular flexibility index (Phi) is 2.13. The van der Waals surface area contributed by atoms with Crippen LogP contribution in [0.5, 0.6) is 0 Å². The minimum absolute atomic E-state index is 0.0324. The fourth-order valence-electron chi connectivity index (χ4n) is 0.460. The molecule has 1 atom stereocenters.